The van der Waals surface area contributed by atoms with E-state index >= 15 is 0 Å². The van der Waals surface area contributed by atoms with Crippen LogP contribution in [0.5, 0.6) is 0 Å². The molecule has 0 aliphatic carbocycles. The average Bonchev–Trinajstić information content (AvgIpc) is 2.13. The molecular formula is C9H17NO3Si. The summed E-state index contributed by atoms with van der Waals surface area (Å²) >= 11 is 0. The van der Waals surface area contributed by atoms with Crippen LogP contribution >= 0.6 is 0 Å². The van der Waals surface area contributed by atoms with Crippen molar-refractivity contribution < 1.29 is 13.3 Å². The van der Waals surface area contributed by atoms with Crippen LogP contribution in [0.3, 0.4) is 0 Å². The number of hydrogen-bond acceptors (Lipinski definition) is 4. The zero-order valence-electron chi connectivity index (χ0n) is 8.57. The Kier molecular flexibility index (Phi) is 3.04. The van der Waals surface area contributed by atoms with E-state index in [1.165, 1.54) is 0 Å². The predicted molar refractivity (Wildman–Crippen MR) is 54.8 cm³/mol. The molecule has 0 saturated carbocycles. The quantitative estimate of drug-likeness (QED) is 0.593. The predicted octanol–water partition coefficient (Wildman–Crippen LogP) is 0.418. The minimum Gasteiger partial charge on any atom is -0.369 e. The summed E-state index contributed by atoms with van der Waals surface area (Å²) in [6, 6.07) is 0.453. The maximum Gasteiger partial charge on any atom is 0.529 e. The fourth-order valence-corrected chi connectivity index (χ4v) is 3.64. The minimum atomic E-state index is -2.51. The maximum absolute atomic E-state index is 5.74. The SMILES string of the molecule is C=C[Si]12OCCN(CCO1)C(C)CO2. The van der Waals surface area contributed by atoms with E-state index in [1.54, 1.807) is 5.70 Å². The van der Waals surface area contributed by atoms with Gasteiger partial charge in [0.15, 0.2) is 0 Å². The van der Waals surface area contributed by atoms with Crippen LogP contribution < -0.4 is 0 Å². The lowest BCUT2D eigenvalue weighted by atomic mass is 10.3. The van der Waals surface area contributed by atoms with Crippen molar-refractivity contribution in [1.29, 1.82) is 0 Å². The van der Waals surface area contributed by atoms with Crippen molar-refractivity contribution in [3.63, 3.8) is 0 Å². The Morgan fingerprint density at radius 3 is 2.50 bits per heavy atom. The topological polar surface area (TPSA) is 30.9 Å². The molecule has 1 unspecified atom stereocenters. The zero-order valence-corrected chi connectivity index (χ0v) is 9.57. The molecule has 1 atom stereocenters. The van der Waals surface area contributed by atoms with Gasteiger partial charge in [-0.05, 0) is 12.6 Å². The van der Waals surface area contributed by atoms with Gasteiger partial charge < -0.3 is 13.3 Å². The standard InChI is InChI=1S/C9H17NO3Si/c1-3-14-11-6-4-10(5-7-12-14)9(2)8-13-14/h3,9H,1,4-8H2,2H3. The van der Waals surface area contributed by atoms with Crippen LogP contribution in [0.4, 0.5) is 0 Å². The smallest absolute Gasteiger partial charge is 0.369 e. The lowest BCUT2D eigenvalue weighted by Gasteiger charge is -2.39. The first-order valence-electron chi connectivity index (χ1n) is 5.05. The molecule has 3 rings (SSSR count). The maximum atomic E-state index is 5.74. The molecule has 5 heteroatoms. The second-order valence-electron chi connectivity index (χ2n) is 3.70. The molecule has 3 aliphatic heterocycles. The first-order valence-corrected chi connectivity index (χ1v) is 6.85. The van der Waals surface area contributed by atoms with E-state index in [2.05, 4.69) is 18.4 Å². The summed E-state index contributed by atoms with van der Waals surface area (Å²) < 4.78 is 17.1. The number of nitrogens with zero attached hydrogens (tertiary/aromatic N) is 1. The number of fused-ring (bicyclic) bond motifs is 6. The third-order valence-electron chi connectivity index (χ3n) is 2.76. The molecule has 0 aromatic carbocycles. The molecule has 0 radical (unpaired) electrons. The molecule has 0 aromatic heterocycles. The molecule has 3 saturated heterocycles. The first kappa shape index (κ1) is 10.3. The van der Waals surface area contributed by atoms with Gasteiger partial charge in [-0.25, -0.2) is 0 Å². The molecule has 0 spiro atoms. The first-order chi connectivity index (χ1) is 6.76. The van der Waals surface area contributed by atoms with Gasteiger partial charge in [0.2, 0.25) is 0 Å². The highest BCUT2D eigenvalue weighted by molar-refractivity contribution is 6.66. The average molecular weight is 215 g/mol. The molecule has 0 N–H and O–H groups in total. The summed E-state index contributed by atoms with van der Waals surface area (Å²) in [5.74, 6) is 0. The van der Waals surface area contributed by atoms with E-state index < -0.39 is 8.80 Å². The third-order valence-corrected chi connectivity index (χ3v) is 5.04. The molecule has 3 aliphatic rings. The van der Waals surface area contributed by atoms with Gasteiger partial charge in [-0.2, -0.15) is 0 Å². The molecular weight excluding hydrogens is 198 g/mol. The van der Waals surface area contributed by atoms with Gasteiger partial charge in [0, 0.05) is 19.1 Å². The van der Waals surface area contributed by atoms with Crippen LogP contribution in [0.15, 0.2) is 12.3 Å². The van der Waals surface area contributed by atoms with Gasteiger partial charge in [-0.1, -0.05) is 6.58 Å². The van der Waals surface area contributed by atoms with E-state index in [0.717, 1.165) is 13.1 Å². The fourth-order valence-electron chi connectivity index (χ4n) is 1.81. The third kappa shape index (κ3) is 1.92. The van der Waals surface area contributed by atoms with Crippen LogP contribution in [0.25, 0.3) is 0 Å². The van der Waals surface area contributed by atoms with Crippen LogP contribution in [-0.2, 0) is 13.3 Å². The van der Waals surface area contributed by atoms with Gasteiger partial charge in [-0.15, -0.1) is 0 Å². The second kappa shape index (κ2) is 4.12. The van der Waals surface area contributed by atoms with Crippen molar-refractivity contribution in [3.8, 4) is 0 Å². The summed E-state index contributed by atoms with van der Waals surface area (Å²) in [4.78, 5) is 2.33. The lowest BCUT2D eigenvalue weighted by Crippen LogP contribution is -2.56. The minimum absolute atomic E-state index is 0.453. The van der Waals surface area contributed by atoms with Crippen LogP contribution in [-0.4, -0.2) is 52.7 Å². The van der Waals surface area contributed by atoms with E-state index in [-0.39, 0.29) is 0 Å². The highest BCUT2D eigenvalue weighted by atomic mass is 28.4. The normalized spacial score (nSPS) is 43.8. The van der Waals surface area contributed by atoms with Crippen molar-refractivity contribution in [2.45, 2.75) is 13.0 Å². The van der Waals surface area contributed by atoms with Crippen LogP contribution in [0.1, 0.15) is 6.92 Å². The Bertz CT molecular complexity index is 214. The van der Waals surface area contributed by atoms with Gasteiger partial charge >= 0.3 is 8.80 Å². The van der Waals surface area contributed by atoms with Crippen molar-refractivity contribution >= 4 is 8.80 Å². The van der Waals surface area contributed by atoms with Crippen LogP contribution in [0.2, 0.25) is 0 Å². The largest absolute Gasteiger partial charge is 0.529 e. The Hall–Kier alpha value is -0.203. The van der Waals surface area contributed by atoms with Gasteiger partial charge in [0.05, 0.1) is 19.8 Å². The van der Waals surface area contributed by atoms with Crippen molar-refractivity contribution in [2.75, 3.05) is 32.9 Å². The summed E-state index contributed by atoms with van der Waals surface area (Å²) in [7, 11) is -2.51. The van der Waals surface area contributed by atoms with Gasteiger partial charge in [0.25, 0.3) is 0 Å². The van der Waals surface area contributed by atoms with Crippen molar-refractivity contribution in [1.82, 2.24) is 4.90 Å². The summed E-state index contributed by atoms with van der Waals surface area (Å²) in [6.45, 7) is 9.92. The fraction of sp³-hybridized carbons (Fsp3) is 0.778. The van der Waals surface area contributed by atoms with Crippen molar-refractivity contribution in [3.05, 3.63) is 12.3 Å². The molecule has 0 aromatic rings. The molecule has 80 valence electrons. The van der Waals surface area contributed by atoms with E-state index in [1.807, 2.05) is 0 Å². The monoisotopic (exact) mass is 215 g/mol. The zero-order chi connectivity index (χ0) is 10.0. The molecule has 3 fully saturated rings. The summed E-state index contributed by atoms with van der Waals surface area (Å²) in [5.41, 5.74) is 1.74. The molecule has 0 amide bonds. The van der Waals surface area contributed by atoms with E-state index in [0.29, 0.717) is 25.9 Å². The van der Waals surface area contributed by atoms with Crippen LogP contribution in [0, 0.1) is 0 Å². The number of rotatable bonds is 1. The van der Waals surface area contributed by atoms with Gasteiger partial charge in [0.1, 0.15) is 0 Å². The highest BCUT2D eigenvalue weighted by Crippen LogP contribution is 2.18. The molecule has 2 bridgehead atoms. The number of hydrogen-bond donors (Lipinski definition) is 0. The van der Waals surface area contributed by atoms with Crippen molar-refractivity contribution in [2.24, 2.45) is 0 Å². The van der Waals surface area contributed by atoms with E-state index in [4.69, 9.17) is 13.3 Å². The molecule has 14 heavy (non-hydrogen) atoms. The second-order valence-corrected chi connectivity index (χ2v) is 6.18. The highest BCUT2D eigenvalue weighted by Gasteiger charge is 2.42. The van der Waals surface area contributed by atoms with Gasteiger partial charge in [-0.3, -0.25) is 4.90 Å². The summed E-state index contributed by atoms with van der Waals surface area (Å²) in [6.07, 6.45) is 0. The molecule has 3 heterocycles. The Morgan fingerprint density at radius 2 is 1.93 bits per heavy atom. The Morgan fingerprint density at radius 1 is 1.29 bits per heavy atom. The summed E-state index contributed by atoms with van der Waals surface area (Å²) in [5, 5.41) is 0. The Balaban J connectivity index is 2.16. The molecule has 4 nitrogen and oxygen atoms in total. The van der Waals surface area contributed by atoms with E-state index in [9.17, 15) is 0 Å². The Labute approximate surface area is 85.8 Å². The lowest BCUT2D eigenvalue weighted by molar-refractivity contribution is -0.0219.